The summed E-state index contributed by atoms with van der Waals surface area (Å²) in [6.07, 6.45) is 7.26. The van der Waals surface area contributed by atoms with E-state index in [0.717, 1.165) is 50.9 Å². The molecule has 2 fully saturated rings. The molecule has 2 aliphatic rings. The zero-order valence-electron chi connectivity index (χ0n) is 23.2. The smallest absolute Gasteiger partial charge is 0.242 e. The first kappa shape index (κ1) is 28.4. The normalized spacial score (nSPS) is 16.1. The molecule has 0 unspecified atom stereocenters. The summed E-state index contributed by atoms with van der Waals surface area (Å²) in [5.74, 6) is 1.64. The Morgan fingerprint density at radius 3 is 2.37 bits per heavy atom. The van der Waals surface area contributed by atoms with Gasteiger partial charge in [0.15, 0.2) is 11.5 Å². The molecule has 1 saturated carbocycles. The zero-order valence-corrected chi connectivity index (χ0v) is 24.1. The first-order chi connectivity index (χ1) is 18.5. The molecule has 208 valence electrons. The highest BCUT2D eigenvalue weighted by Gasteiger charge is 2.30. The molecule has 2 amide bonds. The van der Waals surface area contributed by atoms with Crippen LogP contribution in [-0.2, 0) is 22.6 Å². The van der Waals surface area contributed by atoms with E-state index in [1.807, 2.05) is 28.0 Å². The van der Waals surface area contributed by atoms with E-state index in [0.29, 0.717) is 37.6 Å². The van der Waals surface area contributed by atoms with E-state index in [2.05, 4.69) is 23.3 Å². The van der Waals surface area contributed by atoms with Crippen molar-refractivity contribution in [2.75, 3.05) is 53.5 Å². The molecule has 4 rings (SSSR count). The second kappa shape index (κ2) is 14.0. The van der Waals surface area contributed by atoms with E-state index in [9.17, 15) is 9.59 Å². The van der Waals surface area contributed by atoms with Gasteiger partial charge in [0.2, 0.25) is 11.8 Å². The Hall–Kier alpha value is -2.58. The molecule has 0 N–H and O–H groups in total. The van der Waals surface area contributed by atoms with Crippen LogP contribution in [-0.4, -0.2) is 80.0 Å². The predicted octanol–water partition coefficient (Wildman–Crippen LogP) is 4.76. The van der Waals surface area contributed by atoms with Gasteiger partial charge in [-0.25, -0.2) is 0 Å². The molecule has 8 heteroatoms. The summed E-state index contributed by atoms with van der Waals surface area (Å²) in [5.41, 5.74) is 2.28. The third-order valence-electron chi connectivity index (χ3n) is 8.00. The Morgan fingerprint density at radius 1 is 0.974 bits per heavy atom. The molecule has 38 heavy (non-hydrogen) atoms. The lowest BCUT2D eigenvalue weighted by Crippen LogP contribution is -2.47. The minimum atomic E-state index is 0.0195. The van der Waals surface area contributed by atoms with E-state index >= 15 is 0 Å². The number of amides is 2. The van der Waals surface area contributed by atoms with Crippen molar-refractivity contribution in [2.45, 2.75) is 58.4 Å². The largest absolute Gasteiger partial charge is 0.493 e. The zero-order chi connectivity index (χ0) is 26.9. The lowest BCUT2D eigenvalue weighted by molar-refractivity contribution is -0.143. The van der Waals surface area contributed by atoms with Crippen LogP contribution in [0.3, 0.4) is 0 Å². The molecule has 1 saturated heterocycles. The molecule has 0 spiro atoms. The third-order valence-corrected chi connectivity index (χ3v) is 9.01. The van der Waals surface area contributed by atoms with Gasteiger partial charge >= 0.3 is 0 Å². The number of hydrogen-bond acceptors (Lipinski definition) is 6. The Balaban J connectivity index is 1.47. The fraction of sp³-hybridized carbons (Fsp3) is 0.600. The maximum absolute atomic E-state index is 13.8. The van der Waals surface area contributed by atoms with Crippen LogP contribution in [0.4, 0.5) is 0 Å². The lowest BCUT2D eigenvalue weighted by Gasteiger charge is -2.30. The molecule has 1 aromatic carbocycles. The van der Waals surface area contributed by atoms with Gasteiger partial charge in [0, 0.05) is 30.4 Å². The second-order valence-corrected chi connectivity index (χ2v) is 11.6. The van der Waals surface area contributed by atoms with Gasteiger partial charge < -0.3 is 24.2 Å². The highest BCUT2D eigenvalue weighted by Crippen LogP contribution is 2.29. The van der Waals surface area contributed by atoms with Gasteiger partial charge in [-0.15, -0.1) is 11.3 Å². The average Bonchev–Trinajstić information content (AvgIpc) is 3.72. The molecule has 1 aliphatic carbocycles. The number of thiophene rings is 1. The van der Waals surface area contributed by atoms with E-state index in [-0.39, 0.29) is 24.3 Å². The van der Waals surface area contributed by atoms with Crippen LogP contribution in [0, 0.1) is 12.8 Å². The highest BCUT2D eigenvalue weighted by molar-refractivity contribution is 7.10. The molecular weight excluding hydrogens is 498 g/mol. The number of ether oxygens (including phenoxy) is 2. The third kappa shape index (κ3) is 7.50. The molecule has 1 aromatic heterocycles. The number of carbonyl (C=O) groups is 2. The van der Waals surface area contributed by atoms with Gasteiger partial charge in [-0.1, -0.05) is 18.9 Å². The Kier molecular flexibility index (Phi) is 10.5. The first-order valence-electron chi connectivity index (χ1n) is 14.0. The van der Waals surface area contributed by atoms with Crippen molar-refractivity contribution in [1.82, 2.24) is 14.7 Å². The van der Waals surface area contributed by atoms with Crippen molar-refractivity contribution in [1.29, 1.82) is 0 Å². The number of aryl methyl sites for hydroxylation is 1. The second-order valence-electron chi connectivity index (χ2n) is 10.6. The lowest BCUT2D eigenvalue weighted by atomic mass is 10.1. The molecule has 0 atom stereocenters. The first-order valence-corrected chi connectivity index (χ1v) is 14.9. The van der Waals surface area contributed by atoms with Crippen molar-refractivity contribution in [3.63, 3.8) is 0 Å². The average molecular weight is 542 g/mol. The van der Waals surface area contributed by atoms with E-state index in [1.165, 1.54) is 23.3 Å². The number of benzene rings is 1. The highest BCUT2D eigenvalue weighted by atomic mass is 32.1. The summed E-state index contributed by atoms with van der Waals surface area (Å²) < 4.78 is 10.9. The Morgan fingerprint density at radius 2 is 1.71 bits per heavy atom. The summed E-state index contributed by atoms with van der Waals surface area (Å²) in [4.78, 5) is 34.7. The molecule has 2 aromatic rings. The van der Waals surface area contributed by atoms with Crippen LogP contribution in [0.2, 0.25) is 0 Å². The van der Waals surface area contributed by atoms with Gasteiger partial charge in [-0.3, -0.25) is 9.59 Å². The Bertz CT molecular complexity index is 1060. The van der Waals surface area contributed by atoms with E-state index < -0.39 is 0 Å². The summed E-state index contributed by atoms with van der Waals surface area (Å²) in [6.45, 7) is 7.04. The van der Waals surface area contributed by atoms with Crippen LogP contribution in [0.1, 0.15) is 54.5 Å². The van der Waals surface area contributed by atoms with Crippen molar-refractivity contribution < 1.29 is 19.1 Å². The van der Waals surface area contributed by atoms with Crippen LogP contribution in [0.15, 0.2) is 29.6 Å². The summed E-state index contributed by atoms with van der Waals surface area (Å²) in [5, 5.41) is 2.08. The molecule has 0 bridgehead atoms. The van der Waals surface area contributed by atoms with E-state index in [1.54, 1.807) is 25.6 Å². The molecule has 0 radical (unpaired) electrons. The van der Waals surface area contributed by atoms with Gasteiger partial charge in [0.25, 0.3) is 0 Å². The van der Waals surface area contributed by atoms with Gasteiger partial charge in [-0.05, 0) is 86.8 Å². The van der Waals surface area contributed by atoms with Gasteiger partial charge in [-0.2, -0.15) is 0 Å². The minimum absolute atomic E-state index is 0.0195. The summed E-state index contributed by atoms with van der Waals surface area (Å²) in [6, 6.07) is 8.00. The number of nitrogens with zero attached hydrogens (tertiary/aromatic N) is 3. The topological polar surface area (TPSA) is 62.3 Å². The predicted molar refractivity (Wildman–Crippen MR) is 152 cm³/mol. The van der Waals surface area contributed by atoms with Crippen LogP contribution >= 0.6 is 11.3 Å². The number of likely N-dealkylation sites (tertiary alicyclic amines) is 1. The number of methoxy groups -OCH3 is 2. The van der Waals surface area contributed by atoms with Gasteiger partial charge in [0.1, 0.15) is 0 Å². The minimum Gasteiger partial charge on any atom is -0.493 e. The molecular formula is C30H43N3O4S. The van der Waals surface area contributed by atoms with Crippen molar-refractivity contribution in [3.8, 4) is 11.5 Å². The molecule has 1 aliphatic heterocycles. The standard InChI is InChI=1S/C30H43N3O4S/c1-23-13-19-38-28(23)21-32(16-12-24-10-11-26(36-2)27(20-24)37-3)29(34)22-33(18-17-31-14-6-7-15-31)30(35)25-8-4-5-9-25/h10-11,13,19-20,25H,4-9,12,14-18,21-22H2,1-3H3. The quantitative estimate of drug-likeness (QED) is 0.366. The van der Waals surface area contributed by atoms with Crippen LogP contribution in [0.5, 0.6) is 11.5 Å². The maximum atomic E-state index is 13.8. The van der Waals surface area contributed by atoms with Crippen molar-refractivity contribution in [3.05, 3.63) is 45.6 Å². The number of hydrogen-bond donors (Lipinski definition) is 0. The van der Waals surface area contributed by atoms with Crippen LogP contribution in [0.25, 0.3) is 0 Å². The van der Waals surface area contributed by atoms with Crippen molar-refractivity contribution in [2.24, 2.45) is 5.92 Å². The Labute approximate surface area is 231 Å². The molecule has 2 heterocycles. The summed E-state index contributed by atoms with van der Waals surface area (Å²) >= 11 is 1.68. The summed E-state index contributed by atoms with van der Waals surface area (Å²) in [7, 11) is 3.26. The van der Waals surface area contributed by atoms with Gasteiger partial charge in [0.05, 0.1) is 27.3 Å². The number of carbonyl (C=O) groups excluding carboxylic acids is 2. The van der Waals surface area contributed by atoms with Crippen LogP contribution < -0.4 is 9.47 Å². The SMILES string of the molecule is COc1ccc(CCN(Cc2sccc2C)C(=O)CN(CCN2CCCC2)C(=O)C2CCCC2)cc1OC. The van der Waals surface area contributed by atoms with Crippen molar-refractivity contribution >= 4 is 23.2 Å². The monoisotopic (exact) mass is 541 g/mol. The molecule has 7 nitrogen and oxygen atoms in total. The number of rotatable bonds is 13. The van der Waals surface area contributed by atoms with E-state index in [4.69, 9.17) is 9.47 Å². The fourth-order valence-corrected chi connectivity index (χ4v) is 6.48. The maximum Gasteiger partial charge on any atom is 0.242 e. The fourth-order valence-electron chi connectivity index (χ4n) is 5.56.